The number of hydrogen-bond acceptors (Lipinski definition) is 4. The minimum Gasteiger partial charge on any atom is -0.493 e. The lowest BCUT2D eigenvalue weighted by atomic mass is 9.90. The average Bonchev–Trinajstić information content (AvgIpc) is 2.40. The molecule has 4 heteroatoms. The summed E-state index contributed by atoms with van der Waals surface area (Å²) in [5.41, 5.74) is 1.77. The molecule has 1 N–H and O–H groups in total. The van der Waals surface area contributed by atoms with Crippen molar-refractivity contribution in [1.29, 1.82) is 5.26 Å². The number of benzene rings is 1. The van der Waals surface area contributed by atoms with Gasteiger partial charge in [0, 0.05) is 17.9 Å². The van der Waals surface area contributed by atoms with Crippen molar-refractivity contribution in [2.75, 3.05) is 6.61 Å². The molecule has 0 spiro atoms. The second-order valence-electron chi connectivity index (χ2n) is 5.11. The van der Waals surface area contributed by atoms with E-state index in [-0.39, 0.29) is 12.0 Å². The Balaban J connectivity index is 2.16. The fourth-order valence-corrected chi connectivity index (χ4v) is 2.14. The van der Waals surface area contributed by atoms with Crippen molar-refractivity contribution in [1.82, 2.24) is 0 Å². The van der Waals surface area contributed by atoms with Crippen LogP contribution in [0.25, 0.3) is 0 Å². The van der Waals surface area contributed by atoms with Gasteiger partial charge in [0.25, 0.3) is 0 Å². The van der Waals surface area contributed by atoms with Crippen molar-refractivity contribution in [2.45, 2.75) is 39.1 Å². The van der Waals surface area contributed by atoms with Gasteiger partial charge in [-0.15, -0.1) is 0 Å². The molecule has 0 unspecified atom stereocenters. The predicted molar refractivity (Wildman–Crippen MR) is 70.5 cm³/mol. The lowest BCUT2D eigenvalue weighted by molar-refractivity contribution is 0.0512. The van der Waals surface area contributed by atoms with Crippen molar-refractivity contribution >= 4 is 0 Å². The molecule has 102 valence electrons. The first-order valence-corrected chi connectivity index (χ1v) is 6.54. The van der Waals surface area contributed by atoms with Gasteiger partial charge < -0.3 is 14.6 Å². The zero-order valence-corrected chi connectivity index (χ0v) is 11.3. The molecule has 19 heavy (non-hydrogen) atoms. The predicted octanol–water partition coefficient (Wildman–Crippen LogP) is 2.57. The fraction of sp³-hybridized carbons (Fsp3) is 0.533. The number of nitriles is 1. The molecule has 0 saturated carbocycles. The van der Waals surface area contributed by atoms with Crippen molar-refractivity contribution in [3.8, 4) is 11.8 Å². The van der Waals surface area contributed by atoms with Gasteiger partial charge in [-0.05, 0) is 31.5 Å². The van der Waals surface area contributed by atoms with Crippen LogP contribution in [0.3, 0.4) is 0 Å². The zero-order chi connectivity index (χ0) is 13.8. The molecule has 0 saturated heterocycles. The van der Waals surface area contributed by atoms with Crippen molar-refractivity contribution in [3.05, 3.63) is 29.3 Å². The number of fused-ring (bicyclic) bond motifs is 1. The normalized spacial score (nSPS) is 21.6. The number of nitrogens with zero attached hydrogens (tertiary/aromatic N) is 1. The van der Waals surface area contributed by atoms with E-state index in [1.165, 1.54) is 0 Å². The maximum atomic E-state index is 10.3. The quantitative estimate of drug-likeness (QED) is 0.904. The third-order valence-electron chi connectivity index (χ3n) is 3.23. The first-order chi connectivity index (χ1) is 9.11. The van der Waals surface area contributed by atoms with Crippen LogP contribution in [0.5, 0.6) is 5.75 Å². The van der Waals surface area contributed by atoms with E-state index in [0.29, 0.717) is 25.4 Å². The molecule has 1 aliphatic heterocycles. The molecule has 0 bridgehead atoms. The molecule has 0 amide bonds. The minimum atomic E-state index is -0.637. The van der Waals surface area contributed by atoms with Gasteiger partial charge in [-0.25, -0.2) is 0 Å². The topological polar surface area (TPSA) is 62.5 Å². The fourth-order valence-electron chi connectivity index (χ4n) is 2.14. The summed E-state index contributed by atoms with van der Waals surface area (Å²) in [7, 11) is 0. The Labute approximate surface area is 113 Å². The molecule has 1 aromatic carbocycles. The summed E-state index contributed by atoms with van der Waals surface area (Å²) in [6, 6.07) is 7.80. The molecule has 0 aliphatic carbocycles. The molecule has 2 atom stereocenters. The van der Waals surface area contributed by atoms with E-state index in [9.17, 15) is 5.11 Å². The first-order valence-electron chi connectivity index (χ1n) is 6.54. The van der Waals surface area contributed by atoms with E-state index in [4.69, 9.17) is 14.7 Å². The van der Waals surface area contributed by atoms with Crippen molar-refractivity contribution < 1.29 is 14.6 Å². The minimum absolute atomic E-state index is 0.154. The van der Waals surface area contributed by atoms with Gasteiger partial charge in [0.15, 0.2) is 0 Å². The van der Waals surface area contributed by atoms with E-state index >= 15 is 0 Å². The molecule has 0 aromatic heterocycles. The second-order valence-corrected chi connectivity index (χ2v) is 5.11. The summed E-state index contributed by atoms with van der Waals surface area (Å²) in [5.74, 6) is 0.550. The Morgan fingerprint density at radius 2 is 2.32 bits per heavy atom. The van der Waals surface area contributed by atoms with Crippen molar-refractivity contribution in [3.63, 3.8) is 0 Å². The van der Waals surface area contributed by atoms with Crippen LogP contribution in [0, 0.1) is 17.2 Å². The smallest absolute Gasteiger partial charge is 0.125 e. The molecule has 1 heterocycles. The van der Waals surface area contributed by atoms with Gasteiger partial charge in [-0.2, -0.15) is 5.26 Å². The summed E-state index contributed by atoms with van der Waals surface area (Å²) in [6.45, 7) is 4.88. The van der Waals surface area contributed by atoms with Gasteiger partial charge in [0.05, 0.1) is 31.5 Å². The maximum absolute atomic E-state index is 10.3. The molecule has 1 aliphatic rings. The van der Waals surface area contributed by atoms with Crippen LogP contribution in [0.2, 0.25) is 0 Å². The average molecular weight is 261 g/mol. The third-order valence-corrected chi connectivity index (χ3v) is 3.23. The molecule has 4 nitrogen and oxygen atoms in total. The van der Waals surface area contributed by atoms with Gasteiger partial charge in [-0.1, -0.05) is 6.07 Å². The lowest BCUT2D eigenvalue weighted by Crippen LogP contribution is -2.25. The standard InChI is InChI=1S/C15H19NO3/c1-10(2)18-8-11-3-4-14-13(7-11)15(17)12(5-6-16)9-19-14/h3-4,7,10,12,15,17H,5,8-9H2,1-2H3/t12-,15-/m1/s1. The van der Waals surface area contributed by atoms with E-state index in [0.717, 1.165) is 11.1 Å². The summed E-state index contributed by atoms with van der Waals surface area (Å²) in [4.78, 5) is 0. The number of hydrogen-bond donors (Lipinski definition) is 1. The van der Waals surface area contributed by atoms with Crippen LogP contribution >= 0.6 is 0 Å². The van der Waals surface area contributed by atoms with E-state index in [1.54, 1.807) is 0 Å². The molecule has 0 radical (unpaired) electrons. The highest BCUT2D eigenvalue weighted by molar-refractivity contribution is 5.40. The lowest BCUT2D eigenvalue weighted by Gasteiger charge is -2.29. The van der Waals surface area contributed by atoms with Crippen LogP contribution in [-0.2, 0) is 11.3 Å². The van der Waals surface area contributed by atoms with Crippen LogP contribution in [0.1, 0.15) is 37.5 Å². The summed E-state index contributed by atoms with van der Waals surface area (Å²) in [5, 5.41) is 19.0. The summed E-state index contributed by atoms with van der Waals surface area (Å²) < 4.78 is 11.1. The SMILES string of the molecule is CC(C)OCc1ccc2c(c1)[C@H](O)[C@H](CC#N)CO2. The molecule has 2 rings (SSSR count). The van der Waals surface area contributed by atoms with E-state index < -0.39 is 6.10 Å². The van der Waals surface area contributed by atoms with Gasteiger partial charge in [0.1, 0.15) is 5.75 Å². The first kappa shape index (κ1) is 13.9. The maximum Gasteiger partial charge on any atom is 0.125 e. The Morgan fingerprint density at radius 3 is 3.00 bits per heavy atom. The highest BCUT2D eigenvalue weighted by Crippen LogP contribution is 2.37. The molecule has 1 aromatic rings. The van der Waals surface area contributed by atoms with Gasteiger partial charge in [-0.3, -0.25) is 0 Å². The van der Waals surface area contributed by atoms with Crippen LogP contribution in [0.4, 0.5) is 0 Å². The van der Waals surface area contributed by atoms with Crippen LogP contribution in [-0.4, -0.2) is 17.8 Å². The molecular weight excluding hydrogens is 242 g/mol. The Kier molecular flexibility index (Phi) is 4.41. The van der Waals surface area contributed by atoms with Crippen LogP contribution in [0.15, 0.2) is 18.2 Å². The number of aliphatic hydroxyl groups is 1. The van der Waals surface area contributed by atoms with Gasteiger partial charge in [0.2, 0.25) is 0 Å². The Bertz CT molecular complexity index is 479. The Morgan fingerprint density at radius 1 is 1.53 bits per heavy atom. The van der Waals surface area contributed by atoms with Gasteiger partial charge >= 0.3 is 0 Å². The van der Waals surface area contributed by atoms with E-state index in [1.807, 2.05) is 32.0 Å². The molecular formula is C15H19NO3. The zero-order valence-electron chi connectivity index (χ0n) is 11.3. The second kappa shape index (κ2) is 6.05. The molecule has 0 fully saturated rings. The highest BCUT2D eigenvalue weighted by atomic mass is 16.5. The summed E-state index contributed by atoms with van der Waals surface area (Å²) >= 11 is 0. The highest BCUT2D eigenvalue weighted by Gasteiger charge is 2.29. The summed E-state index contributed by atoms with van der Waals surface area (Å²) in [6.07, 6.45) is -0.168. The van der Waals surface area contributed by atoms with E-state index in [2.05, 4.69) is 6.07 Å². The number of aliphatic hydroxyl groups excluding tert-OH is 1. The number of ether oxygens (including phenoxy) is 2. The largest absolute Gasteiger partial charge is 0.493 e. The van der Waals surface area contributed by atoms with Crippen LogP contribution < -0.4 is 4.74 Å². The third kappa shape index (κ3) is 3.25. The van der Waals surface area contributed by atoms with Crippen molar-refractivity contribution in [2.24, 2.45) is 5.92 Å². The Hall–Kier alpha value is -1.57. The monoisotopic (exact) mass is 261 g/mol. The number of rotatable bonds is 4.